The predicted octanol–water partition coefficient (Wildman–Crippen LogP) is 3.31. The fraction of sp³-hybridized carbons (Fsp3) is 0.588. The van der Waals surface area contributed by atoms with Gasteiger partial charge in [-0.2, -0.15) is 0 Å². The van der Waals surface area contributed by atoms with Gasteiger partial charge < -0.3 is 9.47 Å². The average molecular weight is 276 g/mol. The van der Waals surface area contributed by atoms with Gasteiger partial charge in [-0.1, -0.05) is 38.1 Å². The van der Waals surface area contributed by atoms with Crippen molar-refractivity contribution in [1.29, 1.82) is 0 Å². The van der Waals surface area contributed by atoms with Crippen molar-refractivity contribution in [2.24, 2.45) is 11.8 Å². The SMILES string of the molecule is CCOC(=O)C1CC1(c1cccc(COC)c1)C(C)C. The van der Waals surface area contributed by atoms with Gasteiger partial charge in [-0.15, -0.1) is 0 Å². The van der Waals surface area contributed by atoms with Crippen molar-refractivity contribution >= 4 is 5.97 Å². The van der Waals surface area contributed by atoms with Crippen LogP contribution in [0.4, 0.5) is 0 Å². The summed E-state index contributed by atoms with van der Waals surface area (Å²) in [5.74, 6) is 0.355. The van der Waals surface area contributed by atoms with Crippen LogP contribution >= 0.6 is 0 Å². The summed E-state index contributed by atoms with van der Waals surface area (Å²) in [6, 6.07) is 8.40. The maximum atomic E-state index is 12.1. The van der Waals surface area contributed by atoms with Gasteiger partial charge in [0.2, 0.25) is 0 Å². The van der Waals surface area contributed by atoms with E-state index in [1.165, 1.54) is 5.56 Å². The van der Waals surface area contributed by atoms with E-state index in [0.29, 0.717) is 19.1 Å². The van der Waals surface area contributed by atoms with Crippen LogP contribution in [0.2, 0.25) is 0 Å². The summed E-state index contributed by atoms with van der Waals surface area (Å²) in [5, 5.41) is 0. The van der Waals surface area contributed by atoms with Crippen molar-refractivity contribution < 1.29 is 14.3 Å². The van der Waals surface area contributed by atoms with Gasteiger partial charge in [0, 0.05) is 12.5 Å². The maximum absolute atomic E-state index is 12.1. The first-order valence-corrected chi connectivity index (χ1v) is 7.31. The summed E-state index contributed by atoms with van der Waals surface area (Å²) in [5.41, 5.74) is 2.33. The Labute approximate surface area is 121 Å². The van der Waals surface area contributed by atoms with E-state index in [9.17, 15) is 4.79 Å². The maximum Gasteiger partial charge on any atom is 0.309 e. The number of rotatable bonds is 6. The number of ether oxygens (including phenoxy) is 2. The minimum Gasteiger partial charge on any atom is -0.466 e. The number of carbonyl (C=O) groups excluding carboxylic acids is 1. The average Bonchev–Trinajstić information content (AvgIpc) is 3.16. The van der Waals surface area contributed by atoms with E-state index >= 15 is 0 Å². The molecule has 0 aliphatic heterocycles. The van der Waals surface area contributed by atoms with Gasteiger partial charge in [-0.25, -0.2) is 0 Å². The molecule has 2 atom stereocenters. The highest BCUT2D eigenvalue weighted by atomic mass is 16.5. The standard InChI is InChI=1S/C17H24O3/c1-5-20-16(18)15-10-17(15,12(2)3)14-8-6-7-13(9-14)11-19-4/h6-9,12,15H,5,10-11H2,1-4H3. The van der Waals surface area contributed by atoms with E-state index in [2.05, 4.69) is 32.0 Å². The van der Waals surface area contributed by atoms with Crippen LogP contribution in [0.5, 0.6) is 0 Å². The first kappa shape index (κ1) is 15.0. The first-order chi connectivity index (χ1) is 9.56. The van der Waals surface area contributed by atoms with E-state index in [1.807, 2.05) is 13.0 Å². The van der Waals surface area contributed by atoms with Crippen LogP contribution in [-0.4, -0.2) is 19.7 Å². The van der Waals surface area contributed by atoms with Crippen LogP contribution in [-0.2, 0) is 26.3 Å². The topological polar surface area (TPSA) is 35.5 Å². The number of benzene rings is 1. The van der Waals surface area contributed by atoms with Crippen molar-refractivity contribution in [3.05, 3.63) is 35.4 Å². The summed E-state index contributed by atoms with van der Waals surface area (Å²) in [6.45, 7) is 7.28. The van der Waals surface area contributed by atoms with Crippen molar-refractivity contribution in [2.45, 2.75) is 39.2 Å². The molecular weight excluding hydrogens is 252 g/mol. The molecule has 20 heavy (non-hydrogen) atoms. The molecule has 1 aromatic carbocycles. The molecule has 1 aliphatic rings. The van der Waals surface area contributed by atoms with Gasteiger partial charge in [0.1, 0.15) is 0 Å². The van der Waals surface area contributed by atoms with Crippen LogP contribution in [0.15, 0.2) is 24.3 Å². The normalized spacial score (nSPS) is 24.8. The Balaban J connectivity index is 2.27. The number of methoxy groups -OCH3 is 1. The van der Waals surface area contributed by atoms with Crippen molar-refractivity contribution in [3.8, 4) is 0 Å². The number of esters is 1. The molecule has 0 aromatic heterocycles. The molecule has 1 aliphatic carbocycles. The van der Waals surface area contributed by atoms with Crippen molar-refractivity contribution in [2.75, 3.05) is 13.7 Å². The lowest BCUT2D eigenvalue weighted by Crippen LogP contribution is -2.23. The lowest BCUT2D eigenvalue weighted by Gasteiger charge is -2.22. The van der Waals surface area contributed by atoms with Gasteiger partial charge >= 0.3 is 5.97 Å². The fourth-order valence-corrected chi connectivity index (χ4v) is 3.22. The van der Waals surface area contributed by atoms with E-state index in [4.69, 9.17) is 9.47 Å². The third kappa shape index (κ3) is 2.59. The molecule has 110 valence electrons. The van der Waals surface area contributed by atoms with E-state index in [0.717, 1.165) is 12.0 Å². The Morgan fingerprint density at radius 1 is 1.45 bits per heavy atom. The Kier molecular flexibility index (Phi) is 4.48. The van der Waals surface area contributed by atoms with Gasteiger partial charge in [-0.05, 0) is 30.4 Å². The molecule has 1 saturated carbocycles. The smallest absolute Gasteiger partial charge is 0.309 e. The first-order valence-electron chi connectivity index (χ1n) is 7.31. The zero-order chi connectivity index (χ0) is 14.8. The molecule has 0 saturated heterocycles. The highest BCUT2D eigenvalue weighted by Crippen LogP contribution is 2.59. The zero-order valence-electron chi connectivity index (χ0n) is 12.8. The Morgan fingerprint density at radius 2 is 2.20 bits per heavy atom. The summed E-state index contributed by atoms with van der Waals surface area (Å²) >= 11 is 0. The molecule has 0 N–H and O–H groups in total. The van der Waals surface area contributed by atoms with Gasteiger partial charge in [0.25, 0.3) is 0 Å². The number of hydrogen-bond donors (Lipinski definition) is 0. The zero-order valence-corrected chi connectivity index (χ0v) is 12.8. The number of carbonyl (C=O) groups is 1. The molecular formula is C17H24O3. The number of hydrogen-bond acceptors (Lipinski definition) is 3. The fourth-order valence-electron chi connectivity index (χ4n) is 3.22. The largest absolute Gasteiger partial charge is 0.466 e. The van der Waals surface area contributed by atoms with Crippen LogP contribution in [0.3, 0.4) is 0 Å². The van der Waals surface area contributed by atoms with Gasteiger partial charge in [0.05, 0.1) is 19.1 Å². The van der Waals surface area contributed by atoms with Crippen LogP contribution in [0.25, 0.3) is 0 Å². The predicted molar refractivity (Wildman–Crippen MR) is 78.4 cm³/mol. The van der Waals surface area contributed by atoms with E-state index in [-0.39, 0.29) is 17.3 Å². The monoisotopic (exact) mass is 276 g/mol. The third-order valence-corrected chi connectivity index (χ3v) is 4.38. The van der Waals surface area contributed by atoms with Crippen LogP contribution in [0.1, 0.15) is 38.3 Å². The molecule has 3 nitrogen and oxygen atoms in total. The quantitative estimate of drug-likeness (QED) is 0.748. The third-order valence-electron chi connectivity index (χ3n) is 4.38. The second-order valence-corrected chi connectivity index (χ2v) is 5.84. The van der Waals surface area contributed by atoms with E-state index in [1.54, 1.807) is 7.11 Å². The summed E-state index contributed by atoms with van der Waals surface area (Å²) in [7, 11) is 1.70. The molecule has 0 radical (unpaired) electrons. The van der Waals surface area contributed by atoms with Crippen LogP contribution < -0.4 is 0 Å². The lowest BCUT2D eigenvalue weighted by atomic mass is 9.82. The minimum absolute atomic E-state index is 0.000227. The Hall–Kier alpha value is -1.35. The van der Waals surface area contributed by atoms with E-state index < -0.39 is 0 Å². The second-order valence-electron chi connectivity index (χ2n) is 5.84. The van der Waals surface area contributed by atoms with Crippen molar-refractivity contribution in [3.63, 3.8) is 0 Å². The molecule has 0 heterocycles. The molecule has 0 spiro atoms. The molecule has 0 amide bonds. The highest BCUT2D eigenvalue weighted by Gasteiger charge is 2.61. The van der Waals surface area contributed by atoms with Crippen molar-refractivity contribution in [1.82, 2.24) is 0 Å². The molecule has 2 rings (SSSR count). The minimum atomic E-state index is -0.0595. The summed E-state index contributed by atoms with van der Waals surface area (Å²) < 4.78 is 10.4. The highest BCUT2D eigenvalue weighted by molar-refractivity contribution is 5.79. The van der Waals surface area contributed by atoms with Gasteiger partial charge in [-0.3, -0.25) is 4.79 Å². The summed E-state index contributed by atoms with van der Waals surface area (Å²) in [6.07, 6.45) is 0.889. The molecule has 3 heteroatoms. The Morgan fingerprint density at radius 3 is 2.80 bits per heavy atom. The summed E-state index contributed by atoms with van der Waals surface area (Å²) in [4.78, 5) is 12.1. The Bertz CT molecular complexity index is 481. The second kappa shape index (κ2) is 5.96. The molecule has 1 aromatic rings. The van der Waals surface area contributed by atoms with Crippen LogP contribution in [0, 0.1) is 11.8 Å². The molecule has 2 unspecified atom stereocenters. The molecule has 1 fully saturated rings. The molecule has 0 bridgehead atoms. The lowest BCUT2D eigenvalue weighted by molar-refractivity contribution is -0.145. The van der Waals surface area contributed by atoms with Gasteiger partial charge in [0.15, 0.2) is 0 Å².